The molecular weight excluding hydrogens is 432 g/mol. The zero-order valence-electron chi connectivity index (χ0n) is 20.0. The van der Waals surface area contributed by atoms with E-state index in [1.165, 1.54) is 0 Å². The van der Waals surface area contributed by atoms with E-state index in [4.69, 9.17) is 9.47 Å². The molecule has 2 spiro atoms. The summed E-state index contributed by atoms with van der Waals surface area (Å²) in [6, 6.07) is 11.8. The van der Waals surface area contributed by atoms with Crippen LogP contribution in [0.4, 0.5) is 11.4 Å². The summed E-state index contributed by atoms with van der Waals surface area (Å²) in [5, 5.41) is 7.28. The quantitative estimate of drug-likeness (QED) is 0.729. The summed E-state index contributed by atoms with van der Waals surface area (Å²) in [5.41, 5.74) is 2.53. The van der Waals surface area contributed by atoms with Crippen molar-refractivity contribution in [3.8, 4) is 11.5 Å². The third-order valence-electron chi connectivity index (χ3n) is 8.56. The smallest absolute Gasteiger partial charge is 0.225 e. The number of ether oxygens (including phenoxy) is 2. The molecule has 8 nitrogen and oxygen atoms in total. The molecule has 0 aromatic heterocycles. The number of hydrogen-bond acceptors (Lipinski definition) is 6. The molecule has 4 atom stereocenters. The van der Waals surface area contributed by atoms with Crippen LogP contribution in [0.25, 0.3) is 0 Å². The first-order chi connectivity index (χ1) is 16.4. The second-order valence-electron chi connectivity index (χ2n) is 9.74. The molecule has 2 unspecified atom stereocenters. The summed E-state index contributed by atoms with van der Waals surface area (Å²) in [6.07, 6.45) is 1.70. The Morgan fingerprint density at radius 2 is 1.41 bits per heavy atom. The molecule has 4 aliphatic heterocycles. The zero-order valence-corrected chi connectivity index (χ0v) is 20.0. The lowest BCUT2D eigenvalue weighted by Gasteiger charge is -2.49. The zero-order chi connectivity index (χ0) is 23.8. The molecule has 4 heterocycles. The number of likely N-dealkylation sites (tertiary alicyclic amines) is 2. The lowest BCUT2D eigenvalue weighted by atomic mass is 9.79. The van der Waals surface area contributed by atoms with Gasteiger partial charge in [0.05, 0.1) is 25.8 Å². The van der Waals surface area contributed by atoms with Gasteiger partial charge in [0.15, 0.2) is 0 Å². The number of nitrogens with zero attached hydrogens (tertiary/aromatic N) is 2. The number of hydrogen-bond donors (Lipinski definition) is 2. The van der Waals surface area contributed by atoms with E-state index in [9.17, 15) is 9.59 Å². The van der Waals surface area contributed by atoms with Gasteiger partial charge < -0.3 is 29.9 Å². The molecule has 0 aliphatic carbocycles. The van der Waals surface area contributed by atoms with Crippen LogP contribution in [0.2, 0.25) is 0 Å². The van der Waals surface area contributed by atoms with Gasteiger partial charge in [-0.05, 0) is 44.0 Å². The van der Waals surface area contributed by atoms with E-state index in [1.807, 2.05) is 53.2 Å². The molecule has 0 radical (unpaired) electrons. The van der Waals surface area contributed by atoms with Gasteiger partial charge in [-0.1, -0.05) is 12.1 Å². The predicted molar refractivity (Wildman–Crippen MR) is 128 cm³/mol. The number of carbonyl (C=O) groups is 2. The molecule has 2 aromatic carbocycles. The van der Waals surface area contributed by atoms with Gasteiger partial charge in [0, 0.05) is 42.4 Å². The van der Waals surface area contributed by atoms with E-state index < -0.39 is 17.2 Å². The number of amides is 2. The minimum Gasteiger partial charge on any atom is -0.496 e. The standard InChI is InChI=1S/C26H30N4O4/c1-15-25(22-16(27-15)7-5-9-18(22)33-3)13-12-21(32)30(25)24-26(14-11-20(31)29(26)2)23-17(28-24)8-6-10-19(23)34-4/h5-10,15,24,27-28H,11-14H2,1-4H3/t15?,24?,25-,26+/m0/s1. The summed E-state index contributed by atoms with van der Waals surface area (Å²) in [5.74, 6) is 1.64. The Bertz CT molecular complexity index is 1220. The van der Waals surface area contributed by atoms with Crippen molar-refractivity contribution in [2.75, 3.05) is 31.9 Å². The maximum absolute atomic E-state index is 13.8. The minimum absolute atomic E-state index is 0.0304. The summed E-state index contributed by atoms with van der Waals surface area (Å²) < 4.78 is 11.6. The van der Waals surface area contributed by atoms with Crippen LogP contribution in [-0.2, 0) is 20.7 Å². The second-order valence-corrected chi connectivity index (χ2v) is 9.74. The van der Waals surface area contributed by atoms with Crippen LogP contribution in [0, 0.1) is 0 Å². The van der Waals surface area contributed by atoms with E-state index in [0.29, 0.717) is 25.7 Å². The Balaban J connectivity index is 1.59. The van der Waals surface area contributed by atoms with Crippen LogP contribution in [0.5, 0.6) is 11.5 Å². The molecule has 2 amide bonds. The molecule has 0 saturated carbocycles. The fourth-order valence-corrected chi connectivity index (χ4v) is 7.06. The first-order valence-electron chi connectivity index (χ1n) is 11.9. The van der Waals surface area contributed by atoms with Crippen LogP contribution in [0.15, 0.2) is 36.4 Å². The van der Waals surface area contributed by atoms with Gasteiger partial charge in [-0.3, -0.25) is 9.59 Å². The molecule has 2 N–H and O–H groups in total. The number of fused-ring (bicyclic) bond motifs is 4. The van der Waals surface area contributed by atoms with E-state index in [1.54, 1.807) is 14.2 Å². The topological polar surface area (TPSA) is 83.1 Å². The molecule has 2 fully saturated rings. The van der Waals surface area contributed by atoms with Crippen LogP contribution in [0.3, 0.4) is 0 Å². The number of anilines is 2. The lowest BCUT2D eigenvalue weighted by molar-refractivity contribution is -0.142. The summed E-state index contributed by atoms with van der Waals surface area (Å²) in [7, 11) is 5.18. The Morgan fingerprint density at radius 3 is 2.00 bits per heavy atom. The number of nitrogens with one attached hydrogen (secondary N) is 2. The van der Waals surface area contributed by atoms with Gasteiger partial charge in [-0.2, -0.15) is 0 Å². The third kappa shape index (κ3) is 2.33. The molecule has 6 rings (SSSR count). The molecule has 2 aromatic rings. The lowest BCUT2D eigenvalue weighted by Crippen LogP contribution is -2.64. The highest BCUT2D eigenvalue weighted by Crippen LogP contribution is 2.60. The first-order valence-corrected chi connectivity index (χ1v) is 11.9. The molecule has 4 aliphatic rings. The van der Waals surface area contributed by atoms with Gasteiger partial charge in [-0.25, -0.2) is 0 Å². The van der Waals surface area contributed by atoms with E-state index >= 15 is 0 Å². The Kier molecular flexibility index (Phi) is 4.38. The van der Waals surface area contributed by atoms with Gasteiger partial charge in [0.1, 0.15) is 23.2 Å². The van der Waals surface area contributed by atoms with Crippen molar-refractivity contribution in [1.29, 1.82) is 0 Å². The number of rotatable bonds is 3. The average Bonchev–Trinajstić information content (AvgIpc) is 3.54. The molecule has 0 bridgehead atoms. The Labute approximate surface area is 199 Å². The van der Waals surface area contributed by atoms with Crippen molar-refractivity contribution in [2.45, 2.75) is 55.9 Å². The van der Waals surface area contributed by atoms with Crippen LogP contribution in [0.1, 0.15) is 43.7 Å². The number of benzene rings is 2. The largest absolute Gasteiger partial charge is 0.496 e. The maximum atomic E-state index is 13.8. The summed E-state index contributed by atoms with van der Waals surface area (Å²) >= 11 is 0. The highest BCUT2D eigenvalue weighted by molar-refractivity contribution is 5.87. The number of likely N-dealkylation sites (N-methyl/N-ethyl adjacent to an activating group) is 1. The summed E-state index contributed by atoms with van der Waals surface area (Å²) in [4.78, 5) is 30.6. The fraction of sp³-hybridized carbons (Fsp3) is 0.462. The molecule has 178 valence electrons. The highest BCUT2D eigenvalue weighted by atomic mass is 16.5. The molecule has 8 heteroatoms. The summed E-state index contributed by atoms with van der Waals surface area (Å²) in [6.45, 7) is 2.13. The average molecular weight is 463 g/mol. The highest BCUT2D eigenvalue weighted by Gasteiger charge is 2.66. The number of carbonyl (C=O) groups excluding carboxylic acids is 2. The van der Waals surface area contributed by atoms with Gasteiger partial charge in [0.25, 0.3) is 0 Å². The van der Waals surface area contributed by atoms with Crippen LogP contribution in [-0.4, -0.2) is 55.1 Å². The third-order valence-corrected chi connectivity index (χ3v) is 8.56. The fourth-order valence-electron chi connectivity index (χ4n) is 7.06. The van der Waals surface area contributed by atoms with Crippen molar-refractivity contribution in [1.82, 2.24) is 9.80 Å². The monoisotopic (exact) mass is 462 g/mol. The van der Waals surface area contributed by atoms with Crippen molar-refractivity contribution in [2.24, 2.45) is 0 Å². The normalized spacial score (nSPS) is 31.2. The van der Waals surface area contributed by atoms with Gasteiger partial charge in [-0.15, -0.1) is 0 Å². The number of methoxy groups -OCH3 is 2. The predicted octanol–water partition coefficient (Wildman–Crippen LogP) is 3.23. The maximum Gasteiger partial charge on any atom is 0.225 e. The molecular formula is C26H30N4O4. The van der Waals surface area contributed by atoms with Crippen molar-refractivity contribution in [3.05, 3.63) is 47.5 Å². The van der Waals surface area contributed by atoms with E-state index in [-0.39, 0.29) is 17.9 Å². The Morgan fingerprint density at radius 1 is 0.853 bits per heavy atom. The van der Waals surface area contributed by atoms with E-state index in [0.717, 1.165) is 34.0 Å². The molecule has 2 saturated heterocycles. The first kappa shape index (κ1) is 21.1. The van der Waals surface area contributed by atoms with Crippen molar-refractivity contribution >= 4 is 23.2 Å². The van der Waals surface area contributed by atoms with Gasteiger partial charge in [0.2, 0.25) is 11.8 Å². The van der Waals surface area contributed by atoms with E-state index in [2.05, 4.69) is 17.6 Å². The van der Waals surface area contributed by atoms with Crippen molar-refractivity contribution < 1.29 is 19.1 Å². The van der Waals surface area contributed by atoms with Crippen LogP contribution < -0.4 is 20.1 Å². The molecule has 34 heavy (non-hydrogen) atoms. The minimum atomic E-state index is -0.726. The van der Waals surface area contributed by atoms with Gasteiger partial charge >= 0.3 is 0 Å². The second kappa shape index (κ2) is 7.04. The SMILES string of the molecule is COc1cccc2c1[C@]1(CCC(=O)N1C)C(N1C(=O)CC[C@]13c1c(cccc1OC)NC3C)N2. The van der Waals surface area contributed by atoms with Crippen molar-refractivity contribution in [3.63, 3.8) is 0 Å². The Hall–Kier alpha value is -3.42. The van der Waals surface area contributed by atoms with Crippen LogP contribution >= 0.6 is 0 Å².